The quantitative estimate of drug-likeness (QED) is 0.312. The predicted octanol–water partition coefficient (Wildman–Crippen LogP) is 3.05. The van der Waals surface area contributed by atoms with Crippen LogP contribution in [0.25, 0.3) is 28.0 Å². The zero-order valence-electron chi connectivity index (χ0n) is 21.4. The number of benzene rings is 2. The molecular formula is C30H26N6O4. The lowest BCUT2D eigenvalue weighted by Gasteiger charge is -2.33. The van der Waals surface area contributed by atoms with Crippen LogP contribution in [-0.4, -0.2) is 56.6 Å². The molecule has 1 saturated heterocycles. The molecule has 1 atom stereocenters. The van der Waals surface area contributed by atoms with Crippen molar-refractivity contribution in [2.24, 2.45) is 5.73 Å². The van der Waals surface area contributed by atoms with E-state index in [1.165, 1.54) is 0 Å². The Bertz CT molecular complexity index is 1680. The van der Waals surface area contributed by atoms with Crippen molar-refractivity contribution >= 4 is 22.7 Å². The summed E-state index contributed by atoms with van der Waals surface area (Å²) in [7, 11) is 0. The summed E-state index contributed by atoms with van der Waals surface area (Å²) < 4.78 is 13.0. The number of nitrogens with one attached hydrogen (secondary N) is 1. The molecule has 5 aromatic rings. The summed E-state index contributed by atoms with van der Waals surface area (Å²) in [5, 5.41) is 8.66. The number of para-hydroxylation sites is 1. The number of rotatable bonds is 8. The van der Waals surface area contributed by atoms with Gasteiger partial charge in [-0.15, -0.1) is 0 Å². The SMILES string of the molecule is NC(=O)C1(C(Cc2ccccc2)NC(=O)c2cccnc2-n2ccc(-c3cccc4cccnc34)n2)OCCO1. The average molecular weight is 535 g/mol. The fraction of sp³-hybridized carbons (Fsp3) is 0.167. The summed E-state index contributed by atoms with van der Waals surface area (Å²) in [6.07, 6.45) is 5.33. The Morgan fingerprint density at radius 3 is 2.48 bits per heavy atom. The van der Waals surface area contributed by atoms with Gasteiger partial charge in [0, 0.05) is 29.5 Å². The second kappa shape index (κ2) is 10.7. The molecule has 0 spiro atoms. The first-order valence-corrected chi connectivity index (χ1v) is 12.8. The number of fused-ring (bicyclic) bond motifs is 1. The lowest BCUT2D eigenvalue weighted by molar-refractivity contribution is -0.189. The molecular weight excluding hydrogens is 508 g/mol. The molecule has 10 heteroatoms. The smallest absolute Gasteiger partial charge is 0.280 e. The average Bonchev–Trinajstić information content (AvgIpc) is 3.69. The number of nitrogens with zero attached hydrogens (tertiary/aromatic N) is 4. The Morgan fingerprint density at radius 1 is 0.925 bits per heavy atom. The highest BCUT2D eigenvalue weighted by molar-refractivity contribution is 5.98. The molecule has 0 saturated carbocycles. The van der Waals surface area contributed by atoms with E-state index in [4.69, 9.17) is 20.3 Å². The van der Waals surface area contributed by atoms with E-state index in [1.54, 1.807) is 35.4 Å². The third kappa shape index (κ3) is 4.70. The fourth-order valence-electron chi connectivity index (χ4n) is 4.96. The lowest BCUT2D eigenvalue weighted by Crippen LogP contribution is -2.61. The number of carbonyl (C=O) groups is 2. The number of carbonyl (C=O) groups excluding carboxylic acids is 2. The molecule has 3 aromatic heterocycles. The van der Waals surface area contributed by atoms with Crippen molar-refractivity contribution in [3.05, 3.63) is 109 Å². The van der Waals surface area contributed by atoms with Crippen LogP contribution >= 0.6 is 0 Å². The second-order valence-corrected chi connectivity index (χ2v) is 9.35. The summed E-state index contributed by atoms with van der Waals surface area (Å²) in [5.41, 5.74) is 9.25. The van der Waals surface area contributed by atoms with Crippen molar-refractivity contribution in [2.45, 2.75) is 18.2 Å². The van der Waals surface area contributed by atoms with Crippen molar-refractivity contribution in [3.8, 4) is 17.1 Å². The highest BCUT2D eigenvalue weighted by atomic mass is 16.7. The minimum absolute atomic E-state index is 0.182. The third-order valence-electron chi connectivity index (χ3n) is 6.85. The highest BCUT2D eigenvalue weighted by Crippen LogP contribution is 2.28. The minimum atomic E-state index is -1.80. The first-order chi connectivity index (χ1) is 19.5. The van der Waals surface area contributed by atoms with E-state index in [0.717, 1.165) is 22.0 Å². The van der Waals surface area contributed by atoms with Crippen LogP contribution in [0.3, 0.4) is 0 Å². The second-order valence-electron chi connectivity index (χ2n) is 9.35. The monoisotopic (exact) mass is 534 g/mol. The van der Waals surface area contributed by atoms with Crippen LogP contribution in [0, 0.1) is 0 Å². The number of pyridine rings is 2. The van der Waals surface area contributed by atoms with Gasteiger partial charge in [-0.05, 0) is 36.2 Å². The van der Waals surface area contributed by atoms with Crippen LogP contribution < -0.4 is 11.1 Å². The fourth-order valence-corrected chi connectivity index (χ4v) is 4.96. The van der Waals surface area contributed by atoms with E-state index in [9.17, 15) is 9.59 Å². The normalized spacial score (nSPS) is 15.1. The van der Waals surface area contributed by atoms with Gasteiger partial charge >= 0.3 is 0 Å². The lowest BCUT2D eigenvalue weighted by atomic mass is 9.97. The topological polar surface area (TPSA) is 134 Å². The Balaban J connectivity index is 1.33. The van der Waals surface area contributed by atoms with Crippen LogP contribution in [0.1, 0.15) is 15.9 Å². The molecule has 0 bridgehead atoms. The van der Waals surface area contributed by atoms with Crippen LogP contribution in [0.2, 0.25) is 0 Å². The van der Waals surface area contributed by atoms with Gasteiger partial charge in [0.25, 0.3) is 17.6 Å². The van der Waals surface area contributed by atoms with E-state index in [-0.39, 0.29) is 25.2 Å². The third-order valence-corrected chi connectivity index (χ3v) is 6.85. The highest BCUT2D eigenvalue weighted by Gasteiger charge is 2.51. The van der Waals surface area contributed by atoms with Crippen LogP contribution in [0.5, 0.6) is 0 Å². The number of aromatic nitrogens is 4. The Morgan fingerprint density at radius 2 is 1.68 bits per heavy atom. The van der Waals surface area contributed by atoms with Gasteiger partial charge in [0.15, 0.2) is 5.82 Å². The molecule has 6 rings (SSSR count). The van der Waals surface area contributed by atoms with Crippen LogP contribution in [0.15, 0.2) is 97.5 Å². The Hall–Kier alpha value is -4.93. The number of nitrogens with two attached hydrogens (primary N) is 1. The zero-order chi connectivity index (χ0) is 27.5. The number of primary amides is 1. The molecule has 0 radical (unpaired) electrons. The van der Waals surface area contributed by atoms with Crippen LogP contribution in [0.4, 0.5) is 0 Å². The number of ether oxygens (including phenoxy) is 2. The van der Waals surface area contributed by atoms with Gasteiger partial charge in [-0.3, -0.25) is 14.6 Å². The van der Waals surface area contributed by atoms with Crippen molar-refractivity contribution < 1.29 is 19.1 Å². The van der Waals surface area contributed by atoms with E-state index in [0.29, 0.717) is 11.5 Å². The first-order valence-electron chi connectivity index (χ1n) is 12.8. The summed E-state index contributed by atoms with van der Waals surface area (Å²) in [6.45, 7) is 0.364. The van der Waals surface area contributed by atoms with Gasteiger partial charge in [-0.1, -0.05) is 54.6 Å². The van der Waals surface area contributed by atoms with Gasteiger partial charge in [-0.25, -0.2) is 9.67 Å². The maximum atomic E-state index is 13.7. The minimum Gasteiger partial charge on any atom is -0.365 e. The summed E-state index contributed by atoms with van der Waals surface area (Å²) >= 11 is 0. The summed E-state index contributed by atoms with van der Waals surface area (Å²) in [4.78, 5) is 35.3. The maximum absolute atomic E-state index is 13.7. The van der Waals surface area contributed by atoms with Gasteiger partial charge < -0.3 is 20.5 Å². The van der Waals surface area contributed by atoms with E-state index >= 15 is 0 Å². The van der Waals surface area contributed by atoms with Crippen molar-refractivity contribution in [1.82, 2.24) is 25.1 Å². The molecule has 40 heavy (non-hydrogen) atoms. The number of amides is 2. The molecule has 1 fully saturated rings. The van der Waals surface area contributed by atoms with Gasteiger partial charge in [-0.2, -0.15) is 5.10 Å². The molecule has 1 aliphatic rings. The molecule has 2 amide bonds. The Labute approximate surface area is 229 Å². The summed E-state index contributed by atoms with van der Waals surface area (Å²) in [5.74, 6) is -2.77. The van der Waals surface area contributed by atoms with Gasteiger partial charge in [0.2, 0.25) is 0 Å². The molecule has 1 aliphatic heterocycles. The maximum Gasteiger partial charge on any atom is 0.280 e. The molecule has 0 aliphatic carbocycles. The van der Waals surface area contributed by atoms with Crippen LogP contribution in [-0.2, 0) is 20.7 Å². The number of hydrogen-bond donors (Lipinski definition) is 2. The molecule has 10 nitrogen and oxygen atoms in total. The molecule has 4 heterocycles. The zero-order valence-corrected chi connectivity index (χ0v) is 21.4. The molecule has 200 valence electrons. The largest absolute Gasteiger partial charge is 0.365 e. The van der Waals surface area contributed by atoms with E-state index in [1.807, 2.05) is 66.7 Å². The van der Waals surface area contributed by atoms with Crippen molar-refractivity contribution in [3.63, 3.8) is 0 Å². The van der Waals surface area contributed by atoms with E-state index < -0.39 is 23.6 Å². The van der Waals surface area contributed by atoms with Gasteiger partial charge in [0.1, 0.15) is 0 Å². The van der Waals surface area contributed by atoms with Gasteiger partial charge in [0.05, 0.1) is 36.0 Å². The van der Waals surface area contributed by atoms with E-state index in [2.05, 4.69) is 15.3 Å². The number of hydrogen-bond acceptors (Lipinski definition) is 7. The standard InChI is InChI=1S/C30H26N6O4/c31-29(38)30(39-17-18-40-30)25(19-20-7-2-1-3-8-20)34-28(37)23-12-6-15-33-27(23)36-16-13-24(35-36)22-11-4-9-21-10-5-14-32-26(21)22/h1-16,25H,17-19H2,(H2,31,38)(H,34,37). The predicted molar refractivity (Wildman–Crippen MR) is 147 cm³/mol. The molecule has 3 N–H and O–H groups in total. The first kappa shape index (κ1) is 25.4. The van der Waals surface area contributed by atoms with Crippen molar-refractivity contribution in [1.29, 1.82) is 0 Å². The summed E-state index contributed by atoms with van der Waals surface area (Å²) in [6, 6.07) is 23.5. The van der Waals surface area contributed by atoms with Crippen molar-refractivity contribution in [2.75, 3.05) is 13.2 Å². The molecule has 2 aromatic carbocycles. The Kier molecular flexibility index (Phi) is 6.77. The molecule has 1 unspecified atom stereocenters.